The van der Waals surface area contributed by atoms with E-state index < -0.39 is 0 Å². The molecule has 1 aliphatic carbocycles. The number of halogens is 2. The Morgan fingerprint density at radius 1 is 1.08 bits per heavy atom. The number of nitrogens with one attached hydrogen (secondary N) is 2. The number of hydrogen-bond donors (Lipinski definition) is 3. The molecule has 2 saturated heterocycles. The minimum Gasteiger partial charge on any atom is -0.370 e. The van der Waals surface area contributed by atoms with Crippen molar-refractivity contribution >= 4 is 35.2 Å². The Labute approximate surface area is 220 Å². The summed E-state index contributed by atoms with van der Waals surface area (Å²) in [5.74, 6) is 1.02. The molecule has 36 heavy (non-hydrogen) atoms. The molecule has 0 spiro atoms. The van der Waals surface area contributed by atoms with Gasteiger partial charge < -0.3 is 20.3 Å². The van der Waals surface area contributed by atoms with E-state index in [9.17, 15) is 4.79 Å². The van der Waals surface area contributed by atoms with Crippen molar-refractivity contribution < 1.29 is 9.53 Å². The van der Waals surface area contributed by atoms with Gasteiger partial charge in [-0.15, -0.1) is 0 Å². The highest BCUT2D eigenvalue weighted by Crippen LogP contribution is 2.41. The van der Waals surface area contributed by atoms with Gasteiger partial charge >= 0.3 is 6.03 Å². The fourth-order valence-corrected chi connectivity index (χ4v) is 6.30. The first-order chi connectivity index (χ1) is 17.4. The SMILES string of the molecule is C[C@@H](OC1CCC2NNC(c3cnc(N4CCCN(C(N)=O)CC4)nc3)C2C1)c1c(Cl)cncc1Cl. The van der Waals surface area contributed by atoms with E-state index in [0.717, 1.165) is 43.4 Å². The molecular formula is C24H32Cl2N8O2. The minimum atomic E-state index is -0.376. The third kappa shape index (κ3) is 5.38. The summed E-state index contributed by atoms with van der Waals surface area (Å²) in [6, 6.07) is 0.0790. The van der Waals surface area contributed by atoms with E-state index in [1.807, 2.05) is 19.3 Å². The van der Waals surface area contributed by atoms with E-state index in [-0.39, 0.29) is 24.3 Å². The number of aromatic nitrogens is 3. The van der Waals surface area contributed by atoms with Crippen LogP contribution in [-0.2, 0) is 4.74 Å². The predicted octanol–water partition coefficient (Wildman–Crippen LogP) is 3.23. The number of amides is 2. The van der Waals surface area contributed by atoms with Crippen LogP contribution >= 0.6 is 23.2 Å². The van der Waals surface area contributed by atoms with E-state index in [4.69, 9.17) is 33.7 Å². The van der Waals surface area contributed by atoms with E-state index in [2.05, 4.69) is 30.7 Å². The monoisotopic (exact) mass is 534 g/mol. The molecule has 194 valence electrons. The van der Waals surface area contributed by atoms with Crippen molar-refractivity contribution in [2.24, 2.45) is 11.7 Å². The maximum absolute atomic E-state index is 11.5. The number of hydrogen-bond acceptors (Lipinski definition) is 8. The molecule has 3 aliphatic rings. The maximum atomic E-state index is 11.5. The van der Waals surface area contributed by atoms with Gasteiger partial charge in [0.25, 0.3) is 0 Å². The van der Waals surface area contributed by atoms with E-state index in [1.54, 1.807) is 17.3 Å². The van der Waals surface area contributed by atoms with Gasteiger partial charge in [0, 0.05) is 68.1 Å². The van der Waals surface area contributed by atoms with Gasteiger partial charge in [0.2, 0.25) is 5.95 Å². The number of urea groups is 1. The third-order valence-corrected chi connectivity index (χ3v) is 8.11. The Hall–Kier alpha value is -2.24. The number of primary amides is 1. The average molecular weight is 535 g/mol. The van der Waals surface area contributed by atoms with Gasteiger partial charge in [0.05, 0.1) is 28.3 Å². The van der Waals surface area contributed by atoms with Gasteiger partial charge in [0.15, 0.2) is 0 Å². The number of anilines is 1. The van der Waals surface area contributed by atoms with Crippen molar-refractivity contribution in [1.29, 1.82) is 0 Å². The van der Waals surface area contributed by atoms with Crippen LogP contribution in [0.25, 0.3) is 0 Å². The summed E-state index contributed by atoms with van der Waals surface area (Å²) in [7, 11) is 0. The molecule has 4 unspecified atom stereocenters. The second-order valence-corrected chi connectivity index (χ2v) is 10.6. The van der Waals surface area contributed by atoms with Crippen LogP contribution in [0.3, 0.4) is 0 Å². The van der Waals surface area contributed by atoms with Crippen molar-refractivity contribution in [1.82, 2.24) is 30.7 Å². The quantitative estimate of drug-likeness (QED) is 0.534. The zero-order valence-electron chi connectivity index (χ0n) is 20.2. The summed E-state index contributed by atoms with van der Waals surface area (Å²) in [4.78, 5) is 28.7. The summed E-state index contributed by atoms with van der Waals surface area (Å²) in [6.07, 6.45) is 10.6. The van der Waals surface area contributed by atoms with Crippen LogP contribution < -0.4 is 21.5 Å². The Bertz CT molecular complexity index is 1050. The number of nitrogens with zero attached hydrogens (tertiary/aromatic N) is 5. The highest BCUT2D eigenvalue weighted by Gasteiger charge is 2.42. The first kappa shape index (κ1) is 25.4. The Morgan fingerprint density at radius 2 is 1.83 bits per heavy atom. The summed E-state index contributed by atoms with van der Waals surface area (Å²) in [5, 5.41) is 1.05. The molecule has 2 aromatic rings. The summed E-state index contributed by atoms with van der Waals surface area (Å²) in [5.41, 5.74) is 14.2. The smallest absolute Gasteiger partial charge is 0.314 e. The van der Waals surface area contributed by atoms with Crippen LogP contribution in [0, 0.1) is 5.92 Å². The number of rotatable bonds is 5. The van der Waals surface area contributed by atoms with E-state index in [1.165, 1.54) is 0 Å². The van der Waals surface area contributed by atoms with Crippen LogP contribution in [-0.4, -0.2) is 64.2 Å². The summed E-state index contributed by atoms with van der Waals surface area (Å²) < 4.78 is 6.44. The standard InChI is InChI=1S/C24H32Cl2N8O2/c1-14(21-18(25)12-28-13-19(21)26)36-16-3-4-20-17(9-16)22(32-31-20)15-10-29-24(30-11-15)34-6-2-5-33(7-8-34)23(27)35/h10-14,16-17,20,22,31-32H,2-9H2,1H3,(H2,27,35)/t14-,16?,17?,20?,22?/m1/s1. The first-order valence-corrected chi connectivity index (χ1v) is 13.2. The number of pyridine rings is 1. The Morgan fingerprint density at radius 3 is 2.56 bits per heavy atom. The van der Waals surface area contributed by atoms with E-state index >= 15 is 0 Å². The van der Waals surface area contributed by atoms with Crippen molar-refractivity contribution in [3.05, 3.63) is 46.0 Å². The van der Waals surface area contributed by atoms with Crippen molar-refractivity contribution in [3.63, 3.8) is 0 Å². The molecule has 4 N–H and O–H groups in total. The first-order valence-electron chi connectivity index (χ1n) is 12.5. The summed E-state index contributed by atoms with van der Waals surface area (Å²) >= 11 is 12.7. The molecule has 1 saturated carbocycles. The molecule has 2 amide bonds. The predicted molar refractivity (Wildman–Crippen MR) is 138 cm³/mol. The van der Waals surface area contributed by atoms with Gasteiger partial charge in [-0.1, -0.05) is 23.2 Å². The van der Waals surface area contributed by atoms with E-state index in [0.29, 0.717) is 47.6 Å². The minimum absolute atomic E-state index is 0.0911. The molecular weight excluding hydrogens is 503 g/mol. The second-order valence-electron chi connectivity index (χ2n) is 9.75. The zero-order chi connectivity index (χ0) is 25.2. The Kier molecular flexibility index (Phi) is 7.78. The third-order valence-electron chi connectivity index (χ3n) is 7.51. The lowest BCUT2D eigenvalue weighted by atomic mass is 9.78. The maximum Gasteiger partial charge on any atom is 0.314 e. The van der Waals surface area contributed by atoms with Crippen molar-refractivity contribution in [2.45, 2.75) is 56.9 Å². The van der Waals surface area contributed by atoms with Gasteiger partial charge in [0.1, 0.15) is 0 Å². The molecule has 2 aliphatic heterocycles. The van der Waals surface area contributed by atoms with Gasteiger partial charge in [-0.3, -0.25) is 10.4 Å². The number of hydrazine groups is 1. The normalized spacial score (nSPS) is 27.4. The summed E-state index contributed by atoms with van der Waals surface area (Å²) in [6.45, 7) is 4.68. The lowest BCUT2D eigenvalue weighted by Crippen LogP contribution is -2.38. The molecule has 12 heteroatoms. The number of carbonyl (C=O) groups excluding carboxylic acids is 1. The molecule has 0 bridgehead atoms. The number of nitrogens with two attached hydrogens (primary N) is 1. The van der Waals surface area contributed by atoms with Crippen LogP contribution in [0.4, 0.5) is 10.7 Å². The molecule has 4 heterocycles. The fraction of sp³-hybridized carbons (Fsp3) is 0.583. The lowest BCUT2D eigenvalue weighted by molar-refractivity contribution is -0.0370. The number of carbonyl (C=O) groups is 1. The fourth-order valence-electron chi connectivity index (χ4n) is 5.63. The molecule has 0 radical (unpaired) electrons. The molecule has 10 nitrogen and oxygen atoms in total. The second kappa shape index (κ2) is 11.0. The molecule has 0 aromatic carbocycles. The lowest BCUT2D eigenvalue weighted by Gasteiger charge is -2.34. The van der Waals surface area contributed by atoms with Crippen LogP contribution in [0.15, 0.2) is 24.8 Å². The van der Waals surface area contributed by atoms with Gasteiger partial charge in [-0.2, -0.15) is 0 Å². The number of ether oxygens (including phenoxy) is 1. The van der Waals surface area contributed by atoms with Gasteiger partial charge in [-0.25, -0.2) is 20.2 Å². The zero-order valence-corrected chi connectivity index (χ0v) is 21.8. The van der Waals surface area contributed by atoms with Crippen LogP contribution in [0.5, 0.6) is 0 Å². The molecule has 3 fully saturated rings. The average Bonchev–Trinajstić information content (AvgIpc) is 3.11. The highest BCUT2D eigenvalue weighted by molar-refractivity contribution is 6.35. The van der Waals surface area contributed by atoms with Crippen molar-refractivity contribution in [3.8, 4) is 0 Å². The van der Waals surface area contributed by atoms with Crippen molar-refractivity contribution in [2.75, 3.05) is 31.1 Å². The van der Waals surface area contributed by atoms with Crippen LogP contribution in [0.2, 0.25) is 10.0 Å². The molecule has 5 atom stereocenters. The topological polar surface area (TPSA) is 122 Å². The van der Waals surface area contributed by atoms with Gasteiger partial charge in [-0.05, 0) is 38.5 Å². The number of fused-ring (bicyclic) bond motifs is 1. The van der Waals surface area contributed by atoms with Crippen LogP contribution in [0.1, 0.15) is 55.9 Å². The highest BCUT2D eigenvalue weighted by atomic mass is 35.5. The Balaban J connectivity index is 1.23. The largest absolute Gasteiger partial charge is 0.370 e. The molecule has 2 aromatic heterocycles. The molecule has 5 rings (SSSR count).